The van der Waals surface area contributed by atoms with Gasteiger partial charge in [-0.25, -0.2) is 8.42 Å². The summed E-state index contributed by atoms with van der Waals surface area (Å²) in [6.07, 6.45) is 7.39. The van der Waals surface area contributed by atoms with Gasteiger partial charge in [-0.15, -0.1) is 0 Å². The third-order valence-corrected chi connectivity index (χ3v) is 8.26. The summed E-state index contributed by atoms with van der Waals surface area (Å²) in [6.45, 7) is 0. The maximum atomic E-state index is 12.6. The molecule has 0 aromatic heterocycles. The molecule has 0 unspecified atom stereocenters. The van der Waals surface area contributed by atoms with E-state index in [0.29, 0.717) is 12.1 Å². The van der Waals surface area contributed by atoms with Crippen LogP contribution in [-0.4, -0.2) is 49.0 Å². The molecular weight excluding hydrogens is 523 g/mol. The first kappa shape index (κ1) is 28.4. The van der Waals surface area contributed by atoms with Gasteiger partial charge in [0.15, 0.2) is 0 Å². The van der Waals surface area contributed by atoms with Crippen molar-refractivity contribution in [3.63, 3.8) is 0 Å². The van der Waals surface area contributed by atoms with Gasteiger partial charge in [0.05, 0.1) is 15.6 Å². The van der Waals surface area contributed by atoms with E-state index in [4.69, 9.17) is 23.2 Å². The highest BCUT2D eigenvalue weighted by Gasteiger charge is 2.37. The predicted octanol–water partition coefficient (Wildman–Crippen LogP) is 5.36. The molecule has 3 N–H and O–H groups in total. The van der Waals surface area contributed by atoms with E-state index >= 15 is 0 Å². The average molecular weight is 556 g/mol. The molecule has 7 nitrogen and oxygen atoms in total. The van der Waals surface area contributed by atoms with E-state index < -0.39 is 27.8 Å². The highest BCUT2D eigenvalue weighted by molar-refractivity contribution is 7.90. The smallest absolute Gasteiger partial charge is 0.321 e. The maximum Gasteiger partial charge on any atom is 0.321 e. The van der Waals surface area contributed by atoms with Crippen LogP contribution in [0.25, 0.3) is 0 Å². The highest BCUT2D eigenvalue weighted by atomic mass is 35.5. The summed E-state index contributed by atoms with van der Waals surface area (Å²) in [5.74, 6) is -1.21. The van der Waals surface area contributed by atoms with E-state index in [9.17, 15) is 23.1 Å². The number of amides is 1. The van der Waals surface area contributed by atoms with Gasteiger partial charge in [0.1, 0.15) is 15.9 Å². The molecule has 3 rings (SSSR count). The third-order valence-electron chi connectivity index (χ3n) is 6.60. The van der Waals surface area contributed by atoms with E-state index in [1.807, 2.05) is 0 Å². The second-order valence-corrected chi connectivity index (χ2v) is 12.6. The summed E-state index contributed by atoms with van der Waals surface area (Å²) in [4.78, 5) is 24.7. The van der Waals surface area contributed by atoms with Crippen LogP contribution in [0.1, 0.15) is 60.9 Å². The number of nitrogens with one attached hydrogen (secondary N) is 2. The first-order chi connectivity index (χ1) is 17.0. The molecule has 36 heavy (non-hydrogen) atoms. The average Bonchev–Trinajstić information content (AvgIpc) is 3.25. The zero-order valence-electron chi connectivity index (χ0n) is 20.2. The largest absolute Gasteiger partial charge is 0.480 e. The molecule has 0 radical (unpaired) electrons. The molecule has 2 aromatic carbocycles. The van der Waals surface area contributed by atoms with Crippen LogP contribution in [0.5, 0.6) is 0 Å². The number of aliphatic carboxylic acids is 1. The minimum Gasteiger partial charge on any atom is -0.480 e. The lowest BCUT2D eigenvalue weighted by molar-refractivity contribution is -0.140. The van der Waals surface area contributed by atoms with E-state index in [2.05, 4.69) is 10.6 Å². The Morgan fingerprint density at radius 2 is 1.64 bits per heavy atom. The first-order valence-corrected chi connectivity index (χ1v) is 14.8. The summed E-state index contributed by atoms with van der Waals surface area (Å²) in [5.41, 5.74) is 1.26. The van der Waals surface area contributed by atoms with Crippen LogP contribution >= 0.6 is 23.2 Å². The molecule has 1 atom stereocenters. The van der Waals surface area contributed by atoms with E-state index in [1.54, 1.807) is 42.5 Å². The van der Waals surface area contributed by atoms with Crippen molar-refractivity contribution in [1.29, 1.82) is 0 Å². The van der Waals surface area contributed by atoms with Crippen LogP contribution in [0, 0.1) is 0 Å². The van der Waals surface area contributed by atoms with Crippen LogP contribution < -0.4 is 10.6 Å². The lowest BCUT2D eigenvalue weighted by atomic mass is 9.89. The molecule has 2 aromatic rings. The fourth-order valence-electron chi connectivity index (χ4n) is 4.78. The van der Waals surface area contributed by atoms with Crippen molar-refractivity contribution in [3.8, 4) is 0 Å². The summed E-state index contributed by atoms with van der Waals surface area (Å²) >= 11 is 12.2. The molecule has 1 fully saturated rings. The van der Waals surface area contributed by atoms with Crippen molar-refractivity contribution in [2.24, 2.45) is 0 Å². The Bertz CT molecular complexity index is 1160. The minimum absolute atomic E-state index is 0.150. The molecule has 1 aliphatic rings. The number of halogens is 2. The number of hydrogen-bond donors (Lipinski definition) is 3. The Kier molecular flexibility index (Phi) is 9.80. The van der Waals surface area contributed by atoms with Crippen LogP contribution in [0.15, 0.2) is 42.5 Å². The van der Waals surface area contributed by atoms with Crippen molar-refractivity contribution in [2.75, 3.05) is 17.3 Å². The van der Waals surface area contributed by atoms with Crippen molar-refractivity contribution >= 4 is 50.6 Å². The van der Waals surface area contributed by atoms with Gasteiger partial charge < -0.3 is 10.4 Å². The normalized spacial score (nSPS) is 16.0. The monoisotopic (exact) mass is 554 g/mol. The number of anilines is 1. The zero-order chi connectivity index (χ0) is 26.3. The van der Waals surface area contributed by atoms with Crippen molar-refractivity contribution in [1.82, 2.24) is 5.32 Å². The number of carboxylic acid groups (broad SMARTS) is 1. The van der Waals surface area contributed by atoms with Crippen LogP contribution in [0.2, 0.25) is 10.0 Å². The number of sulfone groups is 1. The number of benzene rings is 2. The number of hydrogen-bond acceptors (Lipinski definition) is 5. The molecule has 0 aliphatic heterocycles. The van der Waals surface area contributed by atoms with Gasteiger partial charge in [0.25, 0.3) is 5.91 Å². The number of carbonyl (C=O) groups excluding carboxylic acids is 1. The predicted molar refractivity (Wildman–Crippen MR) is 144 cm³/mol. The Balaban J connectivity index is 1.63. The standard InChI is InChI=1S/C26H32Cl2N2O5S/c1-36(34,35)16-5-4-15-26(13-2-3-14-26)30-22(25(32)33)17-18-9-11-19(12-10-18)29-24(31)23-20(27)7-6-8-21(23)28/h6-12,22,30H,2-5,13-17H2,1H3,(H,29,31)(H,32,33)/t22-/m0/s1. The molecule has 196 valence electrons. The van der Waals surface area contributed by atoms with Crippen molar-refractivity contribution in [3.05, 3.63) is 63.6 Å². The number of rotatable bonds is 12. The molecule has 1 amide bonds. The van der Waals surface area contributed by atoms with E-state index in [-0.39, 0.29) is 33.3 Å². The Morgan fingerprint density at radius 1 is 1.03 bits per heavy atom. The van der Waals surface area contributed by atoms with Gasteiger partial charge in [-0.3, -0.25) is 14.9 Å². The molecule has 1 aliphatic carbocycles. The van der Waals surface area contributed by atoms with Gasteiger partial charge >= 0.3 is 5.97 Å². The first-order valence-electron chi connectivity index (χ1n) is 12.0. The molecular formula is C26H32Cl2N2O5S. The zero-order valence-corrected chi connectivity index (χ0v) is 22.6. The Hall–Kier alpha value is -2.13. The van der Waals surface area contributed by atoms with Gasteiger partial charge in [-0.1, -0.05) is 60.7 Å². The molecule has 0 saturated heterocycles. The molecule has 10 heteroatoms. The molecule has 0 bridgehead atoms. The SMILES string of the molecule is CS(=O)(=O)CCCCC1(N[C@@H](Cc2ccc(NC(=O)c3c(Cl)cccc3Cl)cc2)C(=O)O)CCCC1. The van der Waals surface area contributed by atoms with Crippen LogP contribution in [0.4, 0.5) is 5.69 Å². The van der Waals surface area contributed by atoms with E-state index in [1.165, 1.54) is 6.26 Å². The second-order valence-electron chi connectivity index (χ2n) is 9.56. The second kappa shape index (κ2) is 12.4. The van der Waals surface area contributed by atoms with Crippen LogP contribution in [0.3, 0.4) is 0 Å². The summed E-state index contributed by atoms with van der Waals surface area (Å²) in [7, 11) is -3.00. The van der Waals surface area contributed by atoms with Crippen LogP contribution in [-0.2, 0) is 21.1 Å². The summed E-state index contributed by atoms with van der Waals surface area (Å²) in [5, 5.41) is 16.6. The number of carbonyl (C=O) groups is 2. The lowest BCUT2D eigenvalue weighted by Gasteiger charge is -2.34. The lowest BCUT2D eigenvalue weighted by Crippen LogP contribution is -2.52. The van der Waals surface area contributed by atoms with Gasteiger partial charge in [0, 0.05) is 23.2 Å². The molecule has 0 heterocycles. The quantitative estimate of drug-likeness (QED) is 0.304. The summed E-state index contributed by atoms with van der Waals surface area (Å²) in [6, 6.07) is 11.1. The molecule has 1 saturated carbocycles. The fraction of sp³-hybridized carbons (Fsp3) is 0.462. The van der Waals surface area contributed by atoms with Gasteiger partial charge in [-0.05, 0) is 61.9 Å². The topological polar surface area (TPSA) is 113 Å². The Labute approximate surface area is 222 Å². The number of carboxylic acids is 1. The Morgan fingerprint density at radius 3 is 2.19 bits per heavy atom. The number of unbranched alkanes of at least 4 members (excludes halogenated alkanes) is 1. The van der Waals surface area contributed by atoms with Crippen molar-refractivity contribution in [2.45, 2.75) is 62.9 Å². The van der Waals surface area contributed by atoms with Gasteiger partial charge in [0.2, 0.25) is 0 Å². The van der Waals surface area contributed by atoms with Crippen molar-refractivity contribution < 1.29 is 23.1 Å². The third kappa shape index (κ3) is 8.20. The van der Waals surface area contributed by atoms with E-state index in [0.717, 1.165) is 44.1 Å². The maximum absolute atomic E-state index is 12.6. The fourth-order valence-corrected chi connectivity index (χ4v) is 6.08. The molecule has 0 spiro atoms. The summed E-state index contributed by atoms with van der Waals surface area (Å²) < 4.78 is 22.9. The van der Waals surface area contributed by atoms with Gasteiger partial charge in [-0.2, -0.15) is 0 Å². The highest BCUT2D eigenvalue weighted by Crippen LogP contribution is 2.35. The minimum atomic E-state index is -3.00.